The van der Waals surface area contributed by atoms with E-state index in [2.05, 4.69) is 18.8 Å². The van der Waals surface area contributed by atoms with Crippen molar-refractivity contribution in [2.45, 2.75) is 141 Å². The lowest BCUT2D eigenvalue weighted by atomic mass is 9.45. The summed E-state index contributed by atoms with van der Waals surface area (Å²) in [6, 6.07) is 0. The van der Waals surface area contributed by atoms with Gasteiger partial charge in [0.15, 0.2) is 0 Å². The molecule has 7 saturated carbocycles. The van der Waals surface area contributed by atoms with Gasteiger partial charge in [0, 0.05) is 24.2 Å². The van der Waals surface area contributed by atoms with Gasteiger partial charge in [0.05, 0.1) is 12.0 Å². The highest BCUT2D eigenvalue weighted by molar-refractivity contribution is 5.83. The lowest BCUT2D eigenvalue weighted by Crippen LogP contribution is -2.52. The summed E-state index contributed by atoms with van der Waals surface area (Å²) in [5, 5.41) is 9.72. The van der Waals surface area contributed by atoms with Gasteiger partial charge in [0.1, 0.15) is 11.9 Å². The summed E-state index contributed by atoms with van der Waals surface area (Å²) in [6.07, 6.45) is 21.1. The first-order chi connectivity index (χ1) is 19.9. The van der Waals surface area contributed by atoms with Crippen molar-refractivity contribution in [1.82, 2.24) is 0 Å². The van der Waals surface area contributed by atoms with Crippen molar-refractivity contribution in [1.29, 1.82) is 0 Å². The molecule has 7 rings (SSSR count). The topological polar surface area (TPSA) is 63.6 Å². The van der Waals surface area contributed by atoms with E-state index >= 15 is 0 Å². The van der Waals surface area contributed by atoms with Crippen molar-refractivity contribution in [3.05, 3.63) is 0 Å². The third-order valence-electron chi connectivity index (χ3n) is 13.9. The molecule has 0 heterocycles. The van der Waals surface area contributed by atoms with Gasteiger partial charge in [0.2, 0.25) is 0 Å². The highest BCUT2D eigenvalue weighted by Crippen LogP contribution is 2.64. The number of aliphatic hydroxyl groups excluding tert-OH is 1. The van der Waals surface area contributed by atoms with Crippen molar-refractivity contribution in [3.8, 4) is 11.8 Å². The fraction of sp³-hybridized carbons (Fsp3) is 0.892. The first-order valence-corrected chi connectivity index (χ1v) is 17.8. The zero-order valence-electron chi connectivity index (χ0n) is 25.5. The molecule has 4 heteroatoms. The second-order valence-electron chi connectivity index (χ2n) is 16.2. The zero-order valence-corrected chi connectivity index (χ0v) is 25.5. The molecule has 41 heavy (non-hydrogen) atoms. The molecular weight excluding hydrogens is 508 g/mol. The largest absolute Gasteiger partial charge is 0.462 e. The van der Waals surface area contributed by atoms with E-state index in [0.717, 1.165) is 107 Å². The molecule has 0 amide bonds. The molecule has 7 aliphatic rings. The second-order valence-corrected chi connectivity index (χ2v) is 16.2. The first-order valence-electron chi connectivity index (χ1n) is 17.8. The summed E-state index contributed by atoms with van der Waals surface area (Å²) in [4.78, 5) is 25.8. The number of fused-ring (bicyclic) bond motifs is 6. The van der Waals surface area contributed by atoms with Gasteiger partial charge < -0.3 is 9.84 Å². The minimum Gasteiger partial charge on any atom is -0.462 e. The fourth-order valence-electron chi connectivity index (χ4n) is 11.6. The summed E-state index contributed by atoms with van der Waals surface area (Å²) in [5.41, 5.74) is 0.395. The summed E-state index contributed by atoms with van der Waals surface area (Å²) in [7, 11) is 0. The first kappa shape index (κ1) is 28.4. The minimum absolute atomic E-state index is 0.0694. The highest BCUT2D eigenvalue weighted by Gasteiger charge is 2.57. The molecule has 7 aliphatic carbocycles. The van der Waals surface area contributed by atoms with Crippen molar-refractivity contribution in [2.24, 2.45) is 64.6 Å². The molecule has 4 nitrogen and oxygen atoms in total. The molecular formula is C37H54O4. The fourth-order valence-corrected chi connectivity index (χ4v) is 11.6. The van der Waals surface area contributed by atoms with Gasteiger partial charge in [-0.1, -0.05) is 18.8 Å². The Morgan fingerprint density at radius 3 is 2.24 bits per heavy atom. The Kier molecular flexibility index (Phi) is 8.07. The average Bonchev–Trinajstić information content (AvgIpc) is 3.34. The van der Waals surface area contributed by atoms with E-state index in [9.17, 15) is 14.7 Å². The Morgan fingerprint density at radius 2 is 1.49 bits per heavy atom. The number of esters is 1. The van der Waals surface area contributed by atoms with Crippen LogP contribution in [0.15, 0.2) is 0 Å². The van der Waals surface area contributed by atoms with Crippen molar-refractivity contribution >= 4 is 11.8 Å². The second kappa shape index (κ2) is 11.6. The van der Waals surface area contributed by atoms with Crippen LogP contribution in [-0.4, -0.2) is 29.1 Å². The highest BCUT2D eigenvalue weighted by atomic mass is 16.5. The van der Waals surface area contributed by atoms with Crippen molar-refractivity contribution < 1.29 is 19.4 Å². The molecule has 0 aromatic heterocycles. The molecule has 0 saturated heterocycles. The van der Waals surface area contributed by atoms with E-state index in [1.165, 1.54) is 44.9 Å². The Morgan fingerprint density at radius 1 is 0.780 bits per heavy atom. The van der Waals surface area contributed by atoms with E-state index in [1.54, 1.807) is 0 Å². The molecule has 0 aromatic rings. The Labute approximate surface area is 248 Å². The number of ketones is 1. The number of rotatable bonds is 2. The van der Waals surface area contributed by atoms with Gasteiger partial charge in [-0.3, -0.25) is 9.59 Å². The van der Waals surface area contributed by atoms with Crippen LogP contribution in [0.1, 0.15) is 129 Å². The van der Waals surface area contributed by atoms with Crippen LogP contribution >= 0.6 is 0 Å². The lowest BCUT2D eigenvalue weighted by molar-refractivity contribution is -0.162. The number of hydrogen-bond donors (Lipinski definition) is 1. The predicted molar refractivity (Wildman–Crippen MR) is 159 cm³/mol. The average molecular weight is 563 g/mol. The van der Waals surface area contributed by atoms with Crippen LogP contribution in [0.5, 0.6) is 0 Å². The number of carbonyl (C=O) groups excluding carboxylic acids is 2. The maximum atomic E-state index is 13.2. The Bertz CT molecular complexity index is 1040. The normalized spacial score (nSPS) is 49.4. The molecule has 5 unspecified atom stereocenters. The van der Waals surface area contributed by atoms with Gasteiger partial charge in [0.25, 0.3) is 0 Å². The molecule has 7 fully saturated rings. The minimum atomic E-state index is -0.117. The van der Waals surface area contributed by atoms with E-state index in [-0.39, 0.29) is 24.1 Å². The Balaban J connectivity index is 0.888. The van der Waals surface area contributed by atoms with Gasteiger partial charge in [-0.2, -0.15) is 0 Å². The van der Waals surface area contributed by atoms with Gasteiger partial charge >= 0.3 is 5.97 Å². The summed E-state index contributed by atoms with van der Waals surface area (Å²) >= 11 is 0. The van der Waals surface area contributed by atoms with Crippen LogP contribution in [0.4, 0.5) is 0 Å². The quantitative estimate of drug-likeness (QED) is 0.279. The number of hydrogen-bond acceptors (Lipinski definition) is 4. The van der Waals surface area contributed by atoms with E-state index in [1.807, 2.05) is 0 Å². The van der Waals surface area contributed by atoms with Crippen LogP contribution in [0.25, 0.3) is 0 Å². The van der Waals surface area contributed by atoms with Crippen molar-refractivity contribution in [2.75, 3.05) is 0 Å². The van der Waals surface area contributed by atoms with E-state index < -0.39 is 0 Å². The van der Waals surface area contributed by atoms with Gasteiger partial charge in [-0.25, -0.2) is 0 Å². The van der Waals surface area contributed by atoms with Crippen molar-refractivity contribution in [3.63, 3.8) is 0 Å². The van der Waals surface area contributed by atoms with Crippen LogP contribution in [0, 0.1) is 76.4 Å². The van der Waals surface area contributed by atoms with Crippen LogP contribution in [-0.2, 0) is 14.3 Å². The van der Waals surface area contributed by atoms with Crippen LogP contribution < -0.4 is 0 Å². The third-order valence-corrected chi connectivity index (χ3v) is 13.9. The molecule has 226 valence electrons. The van der Waals surface area contributed by atoms with Gasteiger partial charge in [-0.15, -0.1) is 0 Å². The SMILES string of the molecule is C[C@]12CC[C@@H]3C4CCC(OC(=O)C5CCC(C#CC6CCC(O)CC6)CC5)CC4CC[C@H]3[C@@H]1CC1CCC(=O)C1C2. The molecule has 9 atom stereocenters. The monoisotopic (exact) mass is 562 g/mol. The number of aliphatic hydroxyl groups is 1. The number of carbonyl (C=O) groups is 2. The van der Waals surface area contributed by atoms with Gasteiger partial charge in [-0.05, 0) is 156 Å². The molecule has 0 radical (unpaired) electrons. The molecule has 0 aliphatic heterocycles. The zero-order chi connectivity index (χ0) is 28.1. The summed E-state index contributed by atoms with van der Waals surface area (Å²) < 4.78 is 6.25. The Hall–Kier alpha value is -1.34. The third kappa shape index (κ3) is 5.68. The lowest BCUT2D eigenvalue weighted by Gasteiger charge is -2.60. The number of Topliss-reactive ketones (excluding diaryl/α,β-unsaturated/α-hetero) is 1. The summed E-state index contributed by atoms with van der Waals surface area (Å²) in [5.74, 6) is 13.9. The maximum Gasteiger partial charge on any atom is 0.309 e. The maximum absolute atomic E-state index is 13.2. The molecule has 1 N–H and O–H groups in total. The molecule has 0 aromatic carbocycles. The molecule has 0 spiro atoms. The number of ether oxygens (including phenoxy) is 1. The van der Waals surface area contributed by atoms with Crippen LogP contribution in [0.2, 0.25) is 0 Å². The van der Waals surface area contributed by atoms with E-state index in [4.69, 9.17) is 4.74 Å². The standard InChI is InChI=1S/C37H54O4/c1-37-19-18-31-30-16-14-29(20-26(30)10-15-32(31)34(37)21-27-11-17-35(39)33(27)22-37)41-36(40)25-8-4-23(5-9-25)2-3-24-6-12-28(38)13-7-24/h23-34,38H,4-22H2,1H3/t23?,24?,25?,26?,27?,28?,29?,30?,31-,32-,33?,34+,37-/m1/s1. The predicted octanol–water partition coefficient (Wildman–Crippen LogP) is 7.51. The van der Waals surface area contributed by atoms with Crippen LogP contribution in [0.3, 0.4) is 0 Å². The molecule has 0 bridgehead atoms. The smallest absolute Gasteiger partial charge is 0.309 e. The van der Waals surface area contributed by atoms with E-state index in [0.29, 0.717) is 34.9 Å². The summed E-state index contributed by atoms with van der Waals surface area (Å²) in [6.45, 7) is 2.54.